The predicted octanol–water partition coefficient (Wildman–Crippen LogP) is 4.42. The molecule has 5 nitrogen and oxygen atoms in total. The van der Waals surface area contributed by atoms with Crippen LogP contribution in [-0.4, -0.2) is 22.2 Å². The van der Waals surface area contributed by atoms with E-state index in [2.05, 4.69) is 34.3 Å². The van der Waals surface area contributed by atoms with Gasteiger partial charge in [-0.2, -0.15) is 0 Å². The van der Waals surface area contributed by atoms with Gasteiger partial charge < -0.3 is 15.2 Å². The van der Waals surface area contributed by atoms with E-state index < -0.39 is 0 Å². The number of benzene rings is 2. The second kappa shape index (κ2) is 7.66. The number of rotatable bonds is 6. The minimum absolute atomic E-state index is 0.101. The summed E-state index contributed by atoms with van der Waals surface area (Å²) in [6.07, 6.45) is 4.34. The molecule has 1 atom stereocenters. The van der Waals surface area contributed by atoms with Crippen molar-refractivity contribution in [3.8, 4) is 22.8 Å². The van der Waals surface area contributed by atoms with Crippen LogP contribution in [0.3, 0.4) is 0 Å². The lowest BCUT2D eigenvalue weighted by Gasteiger charge is -2.18. The summed E-state index contributed by atoms with van der Waals surface area (Å²) >= 11 is 0. The van der Waals surface area contributed by atoms with Gasteiger partial charge in [0, 0.05) is 5.56 Å². The third kappa shape index (κ3) is 3.88. The van der Waals surface area contributed by atoms with E-state index in [1.54, 1.807) is 30.6 Å². The maximum atomic E-state index is 9.74. The molecule has 2 N–H and O–H groups in total. The van der Waals surface area contributed by atoms with E-state index in [0.717, 1.165) is 12.0 Å². The highest BCUT2D eigenvalue weighted by atomic mass is 16.5. The van der Waals surface area contributed by atoms with E-state index >= 15 is 0 Å². The number of methoxy groups -OCH3 is 1. The minimum Gasteiger partial charge on any atom is -0.504 e. The number of phenols is 1. The van der Waals surface area contributed by atoms with Gasteiger partial charge in [-0.1, -0.05) is 37.3 Å². The Morgan fingerprint density at radius 2 is 1.92 bits per heavy atom. The summed E-state index contributed by atoms with van der Waals surface area (Å²) < 4.78 is 5.16. The zero-order valence-electron chi connectivity index (χ0n) is 14.3. The van der Waals surface area contributed by atoms with Crippen LogP contribution in [0.5, 0.6) is 11.5 Å². The molecular weight excluding hydrogens is 314 g/mol. The quantitative estimate of drug-likeness (QED) is 0.698. The molecule has 5 heteroatoms. The largest absolute Gasteiger partial charge is 0.504 e. The maximum absolute atomic E-state index is 9.74. The summed E-state index contributed by atoms with van der Waals surface area (Å²) in [5.41, 5.74) is 2.76. The molecule has 1 aromatic heterocycles. The van der Waals surface area contributed by atoms with Crippen LogP contribution in [0.4, 0.5) is 5.82 Å². The van der Waals surface area contributed by atoms with Gasteiger partial charge in [-0.05, 0) is 30.2 Å². The fourth-order valence-electron chi connectivity index (χ4n) is 2.70. The lowest BCUT2D eigenvalue weighted by atomic mass is 10.0. The monoisotopic (exact) mass is 335 g/mol. The first-order valence-corrected chi connectivity index (χ1v) is 8.22. The average molecular weight is 335 g/mol. The lowest BCUT2D eigenvalue weighted by molar-refractivity contribution is 0.373. The first kappa shape index (κ1) is 16.8. The van der Waals surface area contributed by atoms with Gasteiger partial charge in [0.1, 0.15) is 5.82 Å². The molecule has 0 aliphatic rings. The summed E-state index contributed by atoms with van der Waals surface area (Å²) in [7, 11) is 1.52. The van der Waals surface area contributed by atoms with Crippen molar-refractivity contribution in [2.45, 2.75) is 19.4 Å². The van der Waals surface area contributed by atoms with Gasteiger partial charge in [0.25, 0.3) is 0 Å². The van der Waals surface area contributed by atoms with E-state index in [9.17, 15) is 5.11 Å². The number of nitrogens with zero attached hydrogens (tertiary/aromatic N) is 2. The molecule has 0 fully saturated rings. The van der Waals surface area contributed by atoms with E-state index in [1.165, 1.54) is 12.7 Å². The molecule has 25 heavy (non-hydrogen) atoms. The first-order valence-electron chi connectivity index (χ1n) is 8.22. The van der Waals surface area contributed by atoms with E-state index in [1.807, 2.05) is 18.2 Å². The summed E-state index contributed by atoms with van der Waals surface area (Å²) in [6, 6.07) is 15.6. The van der Waals surface area contributed by atoms with Crippen LogP contribution in [-0.2, 0) is 0 Å². The Bertz CT molecular complexity index is 837. The molecule has 1 unspecified atom stereocenters. The van der Waals surface area contributed by atoms with E-state index in [0.29, 0.717) is 17.3 Å². The highest BCUT2D eigenvalue weighted by Crippen LogP contribution is 2.31. The van der Waals surface area contributed by atoms with E-state index in [-0.39, 0.29) is 11.8 Å². The topological polar surface area (TPSA) is 67.3 Å². The molecular formula is C20H21N3O2. The maximum Gasteiger partial charge on any atom is 0.161 e. The smallest absolute Gasteiger partial charge is 0.161 e. The number of hydrogen-bond acceptors (Lipinski definition) is 5. The van der Waals surface area contributed by atoms with Gasteiger partial charge >= 0.3 is 0 Å². The number of phenolic OH excluding ortho intramolecular Hbond substituents is 1. The molecule has 0 radical (unpaired) electrons. The first-order chi connectivity index (χ1) is 12.2. The van der Waals surface area contributed by atoms with Crippen LogP contribution >= 0.6 is 0 Å². The van der Waals surface area contributed by atoms with Crippen molar-refractivity contribution in [2.75, 3.05) is 12.4 Å². The molecule has 3 aromatic rings. The zero-order chi connectivity index (χ0) is 17.6. The lowest BCUT2D eigenvalue weighted by Crippen LogP contribution is -2.11. The Hall–Kier alpha value is -3.08. The van der Waals surface area contributed by atoms with Gasteiger partial charge in [0.05, 0.1) is 31.2 Å². The number of ether oxygens (including phenoxy) is 1. The van der Waals surface area contributed by atoms with Crippen molar-refractivity contribution in [3.63, 3.8) is 0 Å². The van der Waals surface area contributed by atoms with Crippen molar-refractivity contribution >= 4 is 5.82 Å². The molecule has 0 spiro atoms. The SMILES string of the molecule is CCC(Nc1cncc(-c2ccc(O)c(OC)c2)n1)c1ccccc1. The zero-order valence-corrected chi connectivity index (χ0v) is 14.3. The van der Waals surface area contributed by atoms with Crippen molar-refractivity contribution in [2.24, 2.45) is 0 Å². The Balaban J connectivity index is 1.86. The van der Waals surface area contributed by atoms with Crippen LogP contribution in [0.2, 0.25) is 0 Å². The highest BCUT2D eigenvalue weighted by molar-refractivity contribution is 5.64. The Morgan fingerprint density at radius 1 is 1.12 bits per heavy atom. The number of aromatic nitrogens is 2. The fraction of sp³-hybridized carbons (Fsp3) is 0.200. The second-order valence-electron chi connectivity index (χ2n) is 5.69. The van der Waals surface area contributed by atoms with Crippen LogP contribution in [0.1, 0.15) is 24.9 Å². The van der Waals surface area contributed by atoms with Gasteiger partial charge in [0.2, 0.25) is 0 Å². The molecule has 1 heterocycles. The normalized spacial score (nSPS) is 11.8. The molecule has 0 amide bonds. The van der Waals surface area contributed by atoms with Crippen molar-refractivity contribution in [1.29, 1.82) is 0 Å². The van der Waals surface area contributed by atoms with Crippen LogP contribution in [0.15, 0.2) is 60.9 Å². The number of hydrogen-bond donors (Lipinski definition) is 2. The molecule has 2 aromatic carbocycles. The van der Waals surface area contributed by atoms with Gasteiger partial charge in [-0.25, -0.2) is 4.98 Å². The van der Waals surface area contributed by atoms with Crippen molar-refractivity contribution < 1.29 is 9.84 Å². The van der Waals surface area contributed by atoms with E-state index in [4.69, 9.17) is 4.74 Å². The van der Waals surface area contributed by atoms with Gasteiger partial charge in [0.15, 0.2) is 11.5 Å². The van der Waals surface area contributed by atoms with Crippen LogP contribution in [0.25, 0.3) is 11.3 Å². The van der Waals surface area contributed by atoms with Gasteiger partial charge in [-0.3, -0.25) is 4.98 Å². The molecule has 0 aliphatic heterocycles. The molecule has 0 saturated heterocycles. The predicted molar refractivity (Wildman–Crippen MR) is 98.8 cm³/mol. The van der Waals surface area contributed by atoms with Crippen LogP contribution in [0, 0.1) is 0 Å². The third-order valence-corrected chi connectivity index (χ3v) is 4.04. The summed E-state index contributed by atoms with van der Waals surface area (Å²) in [6.45, 7) is 2.13. The summed E-state index contributed by atoms with van der Waals surface area (Å²) in [5.74, 6) is 1.22. The number of anilines is 1. The van der Waals surface area contributed by atoms with Crippen molar-refractivity contribution in [3.05, 3.63) is 66.5 Å². The minimum atomic E-state index is 0.101. The fourth-order valence-corrected chi connectivity index (χ4v) is 2.70. The molecule has 128 valence electrons. The number of nitrogens with one attached hydrogen (secondary N) is 1. The average Bonchev–Trinajstić information content (AvgIpc) is 2.67. The summed E-state index contributed by atoms with van der Waals surface area (Å²) in [5, 5.41) is 13.2. The molecule has 0 saturated carbocycles. The van der Waals surface area contributed by atoms with Crippen molar-refractivity contribution in [1.82, 2.24) is 9.97 Å². The molecule has 0 aliphatic carbocycles. The standard InChI is InChI=1S/C20H21N3O2/c1-3-16(14-7-5-4-6-8-14)22-20-13-21-12-17(23-20)15-9-10-18(24)19(11-15)25-2/h4-13,16,24H,3H2,1-2H3,(H,22,23). The third-order valence-electron chi connectivity index (χ3n) is 4.04. The summed E-state index contributed by atoms with van der Waals surface area (Å²) in [4.78, 5) is 8.94. The van der Waals surface area contributed by atoms with Crippen LogP contribution < -0.4 is 10.1 Å². The van der Waals surface area contributed by atoms with Gasteiger partial charge in [-0.15, -0.1) is 0 Å². The number of aromatic hydroxyl groups is 1. The molecule has 3 rings (SSSR count). The Kier molecular flexibility index (Phi) is 5.14. The Labute approximate surface area is 147 Å². The Morgan fingerprint density at radius 3 is 2.64 bits per heavy atom. The molecule has 0 bridgehead atoms. The second-order valence-corrected chi connectivity index (χ2v) is 5.69. The highest BCUT2D eigenvalue weighted by Gasteiger charge is 2.11.